The Morgan fingerprint density at radius 3 is 1.46 bits per heavy atom. The van der Waals surface area contributed by atoms with Crippen molar-refractivity contribution in [2.24, 2.45) is 0 Å². The van der Waals surface area contributed by atoms with E-state index in [0.717, 1.165) is 13.3 Å². The Labute approximate surface area is 82.7 Å². The van der Waals surface area contributed by atoms with Gasteiger partial charge in [-0.1, -0.05) is 0 Å². The monoisotopic (exact) mass is 185 g/mol. The molecule has 0 spiro atoms. The maximum atomic E-state index is 3.30. The average molecular weight is 185 g/mol. The molecule has 0 amide bonds. The minimum absolute atomic E-state index is 1.02. The summed E-state index contributed by atoms with van der Waals surface area (Å²) in [7, 11) is 4.26. The molecule has 0 aromatic rings. The van der Waals surface area contributed by atoms with Crippen LogP contribution in [0, 0.1) is 0 Å². The second-order valence-electron chi connectivity index (χ2n) is 2.73. The Kier molecular flexibility index (Phi) is 13.0. The van der Waals surface area contributed by atoms with Crippen molar-refractivity contribution >= 4 is 0 Å². The lowest BCUT2D eigenvalue weighted by molar-refractivity contribution is 0.320. The van der Waals surface area contributed by atoms with Crippen LogP contribution in [0.5, 0.6) is 0 Å². The first-order valence-corrected chi connectivity index (χ1v) is 4.37. The molecule has 0 radical (unpaired) electrons. The van der Waals surface area contributed by atoms with Crippen LogP contribution in [0.15, 0.2) is 26.3 Å². The van der Waals surface area contributed by atoms with Crippen LogP contribution < -0.4 is 5.32 Å². The van der Waals surface area contributed by atoms with E-state index >= 15 is 0 Å². The highest BCUT2D eigenvalue weighted by Crippen LogP contribution is 1.87. The summed E-state index contributed by atoms with van der Waals surface area (Å²) < 4.78 is 0. The third-order valence-corrected chi connectivity index (χ3v) is 1.63. The van der Waals surface area contributed by atoms with Crippen LogP contribution >= 0.6 is 0 Å². The largest absolute Gasteiger partial charge is 0.292 e. The predicted molar refractivity (Wildman–Crippen MR) is 60.6 cm³/mol. The SMILES string of the molecule is C=C.C=C.CN1CCN(C)CNC1. The third-order valence-electron chi connectivity index (χ3n) is 1.63. The maximum Gasteiger partial charge on any atom is 0.0488 e. The third kappa shape index (κ3) is 9.27. The van der Waals surface area contributed by atoms with E-state index in [9.17, 15) is 0 Å². The van der Waals surface area contributed by atoms with Crippen molar-refractivity contribution in [1.82, 2.24) is 15.1 Å². The Hall–Kier alpha value is -0.640. The fourth-order valence-corrected chi connectivity index (χ4v) is 0.931. The van der Waals surface area contributed by atoms with Crippen LogP contribution in [0.25, 0.3) is 0 Å². The molecule has 3 nitrogen and oxygen atoms in total. The fraction of sp³-hybridized carbons (Fsp3) is 0.600. The van der Waals surface area contributed by atoms with Crippen LogP contribution in [-0.2, 0) is 0 Å². The topological polar surface area (TPSA) is 18.5 Å². The van der Waals surface area contributed by atoms with E-state index in [1.54, 1.807) is 0 Å². The molecular weight excluding hydrogens is 162 g/mol. The highest BCUT2D eigenvalue weighted by atomic mass is 15.3. The van der Waals surface area contributed by atoms with Crippen molar-refractivity contribution < 1.29 is 0 Å². The van der Waals surface area contributed by atoms with Gasteiger partial charge in [-0.05, 0) is 14.1 Å². The molecule has 1 aliphatic rings. The van der Waals surface area contributed by atoms with Crippen molar-refractivity contribution in [3.8, 4) is 0 Å². The molecule has 0 unspecified atom stereocenters. The molecule has 0 saturated carbocycles. The van der Waals surface area contributed by atoms with E-state index in [4.69, 9.17) is 0 Å². The van der Waals surface area contributed by atoms with Gasteiger partial charge in [0.05, 0.1) is 0 Å². The molecule has 0 aliphatic carbocycles. The Morgan fingerprint density at radius 1 is 0.846 bits per heavy atom. The number of nitrogens with zero attached hydrogens (tertiary/aromatic N) is 2. The molecule has 0 atom stereocenters. The number of hydrogen-bond donors (Lipinski definition) is 1. The molecule has 3 heteroatoms. The van der Waals surface area contributed by atoms with Crippen molar-refractivity contribution in [1.29, 1.82) is 0 Å². The second kappa shape index (κ2) is 11.4. The van der Waals surface area contributed by atoms with Crippen molar-refractivity contribution in [2.45, 2.75) is 0 Å². The molecular formula is C10H23N3. The smallest absolute Gasteiger partial charge is 0.0488 e. The zero-order valence-electron chi connectivity index (χ0n) is 9.05. The molecule has 1 saturated heterocycles. The Balaban J connectivity index is 0. The van der Waals surface area contributed by atoms with Gasteiger partial charge >= 0.3 is 0 Å². The number of rotatable bonds is 0. The summed E-state index contributed by atoms with van der Waals surface area (Å²) in [4.78, 5) is 4.56. The predicted octanol–water partition coefficient (Wildman–Crippen LogP) is 0.973. The first-order chi connectivity index (χ1) is 6.29. The number of hydrogen-bond acceptors (Lipinski definition) is 3. The van der Waals surface area contributed by atoms with E-state index in [0.29, 0.717) is 0 Å². The minimum Gasteiger partial charge on any atom is -0.292 e. The molecule has 13 heavy (non-hydrogen) atoms. The van der Waals surface area contributed by atoms with Gasteiger partial charge < -0.3 is 0 Å². The van der Waals surface area contributed by atoms with Crippen LogP contribution in [-0.4, -0.2) is 50.3 Å². The molecule has 1 aliphatic heterocycles. The summed E-state index contributed by atoms with van der Waals surface area (Å²) in [5.74, 6) is 0. The van der Waals surface area contributed by atoms with Crippen molar-refractivity contribution in [2.75, 3.05) is 40.5 Å². The van der Waals surface area contributed by atoms with Gasteiger partial charge in [0.2, 0.25) is 0 Å². The first-order valence-electron chi connectivity index (χ1n) is 4.37. The summed E-state index contributed by atoms with van der Waals surface area (Å²) in [6, 6.07) is 0. The molecule has 1 heterocycles. The van der Waals surface area contributed by atoms with Crippen LogP contribution in [0.4, 0.5) is 0 Å². The summed E-state index contributed by atoms with van der Waals surface area (Å²) in [6.07, 6.45) is 0. The fourth-order valence-electron chi connectivity index (χ4n) is 0.931. The van der Waals surface area contributed by atoms with Gasteiger partial charge in [0, 0.05) is 26.4 Å². The van der Waals surface area contributed by atoms with Crippen LogP contribution in [0.2, 0.25) is 0 Å². The average Bonchev–Trinajstić information content (AvgIpc) is 2.38. The van der Waals surface area contributed by atoms with Crippen molar-refractivity contribution in [3.63, 3.8) is 0 Å². The van der Waals surface area contributed by atoms with Gasteiger partial charge in [0.1, 0.15) is 0 Å². The van der Waals surface area contributed by atoms with E-state index in [2.05, 4.69) is 55.5 Å². The highest BCUT2D eigenvalue weighted by molar-refractivity contribution is 4.59. The normalized spacial score (nSPS) is 18.6. The molecule has 1 rings (SSSR count). The molecule has 1 fully saturated rings. The lowest BCUT2D eigenvalue weighted by atomic mass is 10.5. The van der Waals surface area contributed by atoms with Gasteiger partial charge in [-0.25, -0.2) is 0 Å². The molecule has 0 aromatic heterocycles. The molecule has 0 aromatic carbocycles. The number of likely N-dealkylation sites (N-methyl/N-ethyl adjacent to an activating group) is 2. The minimum atomic E-state index is 1.02. The van der Waals surface area contributed by atoms with Gasteiger partial charge in [0.25, 0.3) is 0 Å². The van der Waals surface area contributed by atoms with E-state index in [1.165, 1.54) is 13.1 Å². The quantitative estimate of drug-likeness (QED) is 0.567. The van der Waals surface area contributed by atoms with E-state index in [-0.39, 0.29) is 0 Å². The van der Waals surface area contributed by atoms with E-state index < -0.39 is 0 Å². The van der Waals surface area contributed by atoms with Crippen LogP contribution in [0.3, 0.4) is 0 Å². The van der Waals surface area contributed by atoms with E-state index in [1.807, 2.05) is 0 Å². The zero-order chi connectivity index (χ0) is 10.7. The van der Waals surface area contributed by atoms with Crippen LogP contribution in [0.1, 0.15) is 0 Å². The maximum absolute atomic E-state index is 3.30. The van der Waals surface area contributed by atoms with Gasteiger partial charge in [-0.2, -0.15) is 0 Å². The number of nitrogens with one attached hydrogen (secondary N) is 1. The summed E-state index contributed by atoms with van der Waals surface area (Å²) in [5.41, 5.74) is 0. The standard InChI is InChI=1S/C6H15N3.2C2H4/c1-8-3-4-9(2)6-7-5-8;2*1-2/h7H,3-6H2,1-2H3;2*1-2H2. The lowest BCUT2D eigenvalue weighted by Crippen LogP contribution is -2.30. The van der Waals surface area contributed by atoms with Gasteiger partial charge in [-0.3, -0.25) is 15.1 Å². The second-order valence-corrected chi connectivity index (χ2v) is 2.73. The first kappa shape index (κ1) is 14.9. The lowest BCUT2D eigenvalue weighted by Gasteiger charge is -2.12. The summed E-state index contributed by atoms with van der Waals surface area (Å²) >= 11 is 0. The van der Waals surface area contributed by atoms with Crippen molar-refractivity contribution in [3.05, 3.63) is 26.3 Å². The van der Waals surface area contributed by atoms with Gasteiger partial charge in [0.15, 0.2) is 0 Å². The highest BCUT2D eigenvalue weighted by Gasteiger charge is 2.05. The summed E-state index contributed by atoms with van der Waals surface area (Å²) in [6.45, 7) is 16.4. The van der Waals surface area contributed by atoms with Gasteiger partial charge in [-0.15, -0.1) is 26.3 Å². The zero-order valence-corrected chi connectivity index (χ0v) is 9.05. The molecule has 0 bridgehead atoms. The summed E-state index contributed by atoms with van der Waals surface area (Å²) in [5, 5.41) is 3.30. The molecule has 1 N–H and O–H groups in total. The molecule has 78 valence electrons. The Bertz CT molecular complexity index is 94.3. The Morgan fingerprint density at radius 2 is 1.15 bits per heavy atom.